The van der Waals surface area contributed by atoms with Crippen LogP contribution in [0.3, 0.4) is 0 Å². The first-order chi connectivity index (χ1) is 19.7. The number of imidazole rings is 1. The molecule has 1 aromatic carbocycles. The van der Waals surface area contributed by atoms with E-state index in [1.165, 1.54) is 6.20 Å². The topological polar surface area (TPSA) is 100 Å². The van der Waals surface area contributed by atoms with E-state index in [2.05, 4.69) is 19.9 Å². The molecular weight excluding hydrogens is 537 g/mol. The number of carbonyl (C=O) groups excluding carboxylic acids is 1. The van der Waals surface area contributed by atoms with E-state index < -0.39 is 23.4 Å². The van der Waals surface area contributed by atoms with Gasteiger partial charge in [-0.15, -0.1) is 0 Å². The lowest BCUT2D eigenvalue weighted by molar-refractivity contribution is -0.141. The summed E-state index contributed by atoms with van der Waals surface area (Å²) < 4.78 is 48.5. The highest BCUT2D eigenvalue weighted by molar-refractivity contribution is 5.96. The van der Waals surface area contributed by atoms with Crippen LogP contribution in [-0.2, 0) is 12.6 Å². The summed E-state index contributed by atoms with van der Waals surface area (Å²) in [6.45, 7) is 4.47. The summed E-state index contributed by atoms with van der Waals surface area (Å²) in [6, 6.07) is 11.0. The molecule has 41 heavy (non-hydrogen) atoms. The Morgan fingerprint density at radius 3 is 2.56 bits per heavy atom. The van der Waals surface area contributed by atoms with E-state index in [4.69, 9.17) is 4.42 Å². The van der Waals surface area contributed by atoms with Crippen LogP contribution in [-0.4, -0.2) is 51.5 Å². The number of rotatable bonds is 6. The van der Waals surface area contributed by atoms with Gasteiger partial charge in [0.2, 0.25) is 11.5 Å². The molecule has 0 saturated carbocycles. The zero-order valence-corrected chi connectivity index (χ0v) is 22.7. The molecular formula is C29H31F3N6O3. The second-order valence-electron chi connectivity index (χ2n) is 11.0. The summed E-state index contributed by atoms with van der Waals surface area (Å²) in [5.41, 5.74) is 0.793. The van der Waals surface area contributed by atoms with E-state index in [9.17, 15) is 22.8 Å². The Balaban J connectivity index is 1.12. The van der Waals surface area contributed by atoms with Gasteiger partial charge in [0.15, 0.2) is 5.69 Å². The average Bonchev–Trinajstić information content (AvgIpc) is 3.55. The molecule has 1 unspecified atom stereocenters. The molecule has 0 radical (unpaired) electrons. The van der Waals surface area contributed by atoms with Gasteiger partial charge in [-0.25, -0.2) is 9.78 Å². The van der Waals surface area contributed by atoms with Gasteiger partial charge in [0.05, 0.1) is 11.0 Å². The number of benzene rings is 1. The number of anilines is 2. The van der Waals surface area contributed by atoms with Crippen molar-refractivity contribution in [3.05, 3.63) is 70.1 Å². The second-order valence-corrected chi connectivity index (χ2v) is 11.0. The number of para-hydroxylation sites is 2. The Bertz CT molecular complexity index is 1600. The summed E-state index contributed by atoms with van der Waals surface area (Å²) in [6.07, 6.45) is -0.250. The van der Waals surface area contributed by atoms with Crippen LogP contribution in [0.5, 0.6) is 0 Å². The number of oxazole rings is 1. The predicted octanol–water partition coefficient (Wildman–Crippen LogP) is 5.23. The predicted molar refractivity (Wildman–Crippen MR) is 147 cm³/mol. The minimum Gasteiger partial charge on any atom is -0.420 e. The molecule has 4 aromatic rings. The van der Waals surface area contributed by atoms with Crippen LogP contribution in [0.25, 0.3) is 11.0 Å². The summed E-state index contributed by atoms with van der Waals surface area (Å²) in [5.74, 6) is -0.538. The third-order valence-electron chi connectivity index (χ3n) is 8.02. The second kappa shape index (κ2) is 10.7. The highest BCUT2D eigenvalue weighted by atomic mass is 19.4. The summed E-state index contributed by atoms with van der Waals surface area (Å²) >= 11 is 0. The third kappa shape index (κ3) is 5.47. The maximum absolute atomic E-state index is 13.7. The molecule has 2 saturated heterocycles. The number of ketones is 1. The maximum Gasteiger partial charge on any atom is 0.437 e. The SMILES string of the molecule is CC1CCCN(c2nc(C(F)(F)F)c(C(=O)Cc3ccc(N4CCC(n5c(=O)[nH]c6ccccc65)CC4)nc3)o2)C1. The summed E-state index contributed by atoms with van der Waals surface area (Å²) in [7, 11) is 0. The van der Waals surface area contributed by atoms with E-state index in [0.29, 0.717) is 43.5 Å². The zero-order valence-electron chi connectivity index (χ0n) is 22.7. The Morgan fingerprint density at radius 2 is 1.85 bits per heavy atom. The van der Waals surface area contributed by atoms with Gasteiger partial charge in [0.25, 0.3) is 6.01 Å². The van der Waals surface area contributed by atoms with Gasteiger partial charge < -0.3 is 19.2 Å². The molecule has 0 bridgehead atoms. The van der Waals surface area contributed by atoms with Gasteiger partial charge >= 0.3 is 11.9 Å². The van der Waals surface area contributed by atoms with E-state index in [1.54, 1.807) is 17.0 Å². The number of hydrogen-bond acceptors (Lipinski definition) is 7. The van der Waals surface area contributed by atoms with Gasteiger partial charge in [-0.2, -0.15) is 18.2 Å². The fourth-order valence-electron chi connectivity index (χ4n) is 5.95. The van der Waals surface area contributed by atoms with E-state index in [1.807, 2.05) is 35.8 Å². The number of aromatic nitrogens is 4. The molecule has 5 heterocycles. The molecule has 1 N–H and O–H groups in total. The largest absolute Gasteiger partial charge is 0.437 e. The van der Waals surface area contributed by atoms with Gasteiger partial charge in [0, 0.05) is 44.8 Å². The van der Waals surface area contributed by atoms with Crippen LogP contribution in [0.1, 0.15) is 60.5 Å². The summed E-state index contributed by atoms with van der Waals surface area (Å²) in [5, 5.41) is 0. The molecule has 12 heteroatoms. The summed E-state index contributed by atoms with van der Waals surface area (Å²) in [4.78, 5) is 40.4. The number of Topliss-reactive ketones (excluding diaryl/α,β-unsaturated/α-hetero) is 1. The number of piperidine rings is 2. The fourth-order valence-corrected chi connectivity index (χ4v) is 5.95. The number of nitrogens with zero attached hydrogens (tertiary/aromatic N) is 5. The molecule has 216 valence electrons. The molecule has 0 amide bonds. The smallest absolute Gasteiger partial charge is 0.420 e. The number of carbonyl (C=O) groups is 1. The van der Waals surface area contributed by atoms with Crippen molar-refractivity contribution in [2.75, 3.05) is 36.0 Å². The number of nitrogens with one attached hydrogen (secondary N) is 1. The van der Waals surface area contributed by atoms with Crippen LogP contribution >= 0.6 is 0 Å². The molecule has 2 aliphatic heterocycles. The Labute approximate surface area is 234 Å². The molecule has 2 aliphatic rings. The Hall–Kier alpha value is -4.09. The normalized spacial score (nSPS) is 18.8. The molecule has 6 rings (SSSR count). The first-order valence-corrected chi connectivity index (χ1v) is 13.9. The van der Waals surface area contributed by atoms with Crippen molar-refractivity contribution in [3.8, 4) is 0 Å². The van der Waals surface area contributed by atoms with E-state index in [0.717, 1.165) is 36.7 Å². The molecule has 0 spiro atoms. The van der Waals surface area contributed by atoms with Crippen molar-refractivity contribution in [1.82, 2.24) is 19.5 Å². The van der Waals surface area contributed by atoms with Gasteiger partial charge in [-0.3, -0.25) is 9.36 Å². The van der Waals surface area contributed by atoms with Gasteiger partial charge in [-0.05, 0) is 55.4 Å². The lowest BCUT2D eigenvalue weighted by Gasteiger charge is -2.33. The molecule has 1 atom stereocenters. The quantitative estimate of drug-likeness (QED) is 0.318. The van der Waals surface area contributed by atoms with Crippen LogP contribution in [0, 0.1) is 5.92 Å². The fraction of sp³-hybridized carbons (Fsp3) is 0.448. The minimum absolute atomic E-state index is 0.0644. The van der Waals surface area contributed by atoms with Gasteiger partial charge in [0.1, 0.15) is 5.82 Å². The standard InChI is InChI=1S/C29H31F3N6O3/c1-18-5-4-12-37(17-18)28-35-26(29(30,31)32)25(41-28)23(39)15-19-8-9-24(33-16-19)36-13-10-20(11-14-36)38-22-7-3-2-6-21(22)34-27(38)40/h2-3,6-9,16,18,20H,4-5,10-15,17H2,1H3,(H,34,40). The van der Waals surface area contributed by atoms with Crippen molar-refractivity contribution < 1.29 is 22.4 Å². The van der Waals surface area contributed by atoms with Crippen LogP contribution in [0.15, 0.2) is 51.8 Å². The molecule has 0 aliphatic carbocycles. The number of pyridine rings is 1. The lowest BCUT2D eigenvalue weighted by atomic mass is 10.0. The molecule has 3 aromatic heterocycles. The van der Waals surface area contributed by atoms with Crippen molar-refractivity contribution in [1.29, 1.82) is 0 Å². The first kappa shape index (κ1) is 27.1. The maximum atomic E-state index is 13.7. The zero-order chi connectivity index (χ0) is 28.7. The number of aromatic amines is 1. The van der Waals surface area contributed by atoms with Crippen LogP contribution in [0.2, 0.25) is 0 Å². The monoisotopic (exact) mass is 568 g/mol. The molecule has 9 nitrogen and oxygen atoms in total. The van der Waals surface area contributed by atoms with Gasteiger partial charge in [-0.1, -0.05) is 25.1 Å². The van der Waals surface area contributed by atoms with E-state index >= 15 is 0 Å². The average molecular weight is 569 g/mol. The van der Waals surface area contributed by atoms with Crippen molar-refractivity contribution in [3.63, 3.8) is 0 Å². The van der Waals surface area contributed by atoms with Crippen molar-refractivity contribution in [2.24, 2.45) is 5.92 Å². The number of fused-ring (bicyclic) bond motifs is 1. The Morgan fingerprint density at radius 1 is 1.07 bits per heavy atom. The van der Waals surface area contributed by atoms with Crippen molar-refractivity contribution >= 4 is 28.6 Å². The highest BCUT2D eigenvalue weighted by Crippen LogP contribution is 2.36. The lowest BCUT2D eigenvalue weighted by Crippen LogP contribution is -2.37. The third-order valence-corrected chi connectivity index (χ3v) is 8.02. The first-order valence-electron chi connectivity index (χ1n) is 13.9. The highest BCUT2D eigenvalue weighted by Gasteiger charge is 2.42. The van der Waals surface area contributed by atoms with E-state index in [-0.39, 0.29) is 24.2 Å². The van der Waals surface area contributed by atoms with Crippen LogP contribution in [0.4, 0.5) is 25.0 Å². The van der Waals surface area contributed by atoms with Crippen LogP contribution < -0.4 is 15.5 Å². The number of H-pyrrole nitrogens is 1. The number of hydrogen-bond donors (Lipinski definition) is 1. The van der Waals surface area contributed by atoms with Crippen molar-refractivity contribution in [2.45, 2.75) is 51.2 Å². The Kier molecular flexibility index (Phi) is 7.08. The number of halogens is 3. The minimum atomic E-state index is -4.81. The molecule has 2 fully saturated rings. The number of alkyl halides is 3.